The van der Waals surface area contributed by atoms with Gasteiger partial charge in [-0.15, -0.1) is 0 Å². The van der Waals surface area contributed by atoms with Crippen LogP contribution in [0, 0.1) is 0 Å². The number of anilines is 1. The number of hydrogen-bond acceptors (Lipinski definition) is 6. The lowest BCUT2D eigenvalue weighted by atomic mass is 9.82. The van der Waals surface area contributed by atoms with Crippen molar-refractivity contribution in [3.05, 3.63) is 118 Å². The highest BCUT2D eigenvalue weighted by molar-refractivity contribution is 7.93. The lowest BCUT2D eigenvalue weighted by Crippen LogP contribution is -2.56. The van der Waals surface area contributed by atoms with E-state index in [1.165, 1.54) is 50.6 Å². The van der Waals surface area contributed by atoms with Gasteiger partial charge in [-0.2, -0.15) is 0 Å². The molecule has 2 N–H and O–H groups in total. The van der Waals surface area contributed by atoms with Crippen molar-refractivity contribution >= 4 is 44.8 Å². The molecule has 0 saturated carbocycles. The summed E-state index contributed by atoms with van der Waals surface area (Å²) in [6, 6.07) is 22.8. The Balaban J connectivity index is 1.68. The molecule has 1 amide bonds. The Morgan fingerprint density at radius 3 is 2.29 bits per heavy atom. The molecule has 0 radical (unpaired) electrons. The van der Waals surface area contributed by atoms with Gasteiger partial charge in [0, 0.05) is 33.8 Å². The van der Waals surface area contributed by atoms with Crippen LogP contribution < -0.4 is 19.1 Å². The molecule has 0 aliphatic carbocycles. The average Bonchev–Trinajstić information content (AvgIpc) is 3.26. The minimum absolute atomic E-state index is 0.0832. The molecule has 0 saturated heterocycles. The molecule has 0 spiro atoms. The third kappa shape index (κ3) is 5.18. The molecule has 218 valence electrons. The van der Waals surface area contributed by atoms with Gasteiger partial charge < -0.3 is 19.9 Å². The molecule has 1 heterocycles. The van der Waals surface area contributed by atoms with Gasteiger partial charge in [0.2, 0.25) is 5.91 Å². The number of sulfonamides is 1. The van der Waals surface area contributed by atoms with Crippen molar-refractivity contribution in [2.24, 2.45) is 0 Å². The molecule has 0 aromatic heterocycles. The van der Waals surface area contributed by atoms with Crippen LogP contribution in [0.1, 0.15) is 16.7 Å². The minimum Gasteiger partial charge on any atom is -0.493 e. The van der Waals surface area contributed by atoms with Gasteiger partial charge in [-0.1, -0.05) is 71.7 Å². The highest BCUT2D eigenvalue weighted by Crippen LogP contribution is 2.52. The number of carbonyl (C=O) groups excluding carboxylic acids is 1. The van der Waals surface area contributed by atoms with E-state index in [2.05, 4.69) is 5.32 Å². The van der Waals surface area contributed by atoms with Crippen molar-refractivity contribution in [1.29, 1.82) is 0 Å². The number of fused-ring (bicyclic) bond motifs is 1. The molecular formula is C31H28Cl2N2O6S. The molecule has 5 rings (SSSR count). The Kier molecular flexibility index (Phi) is 8.39. The number of nitrogens with one attached hydrogen (secondary N) is 1. The van der Waals surface area contributed by atoms with Gasteiger partial charge in [-0.05, 0) is 48.4 Å². The Morgan fingerprint density at radius 2 is 1.60 bits per heavy atom. The quantitative estimate of drug-likeness (QED) is 0.265. The number of rotatable bonds is 9. The zero-order chi connectivity index (χ0) is 30.1. The number of amides is 1. The third-order valence-corrected chi connectivity index (χ3v) is 9.58. The summed E-state index contributed by atoms with van der Waals surface area (Å²) in [6.45, 7) is 0.194. The number of nitrogens with zero attached hydrogens (tertiary/aromatic N) is 1. The van der Waals surface area contributed by atoms with Crippen LogP contribution in [-0.2, 0) is 26.8 Å². The van der Waals surface area contributed by atoms with Crippen molar-refractivity contribution in [2.75, 3.05) is 25.1 Å². The number of halogens is 2. The molecule has 2 unspecified atom stereocenters. The molecule has 8 nitrogen and oxygen atoms in total. The van der Waals surface area contributed by atoms with Gasteiger partial charge >= 0.3 is 0 Å². The molecule has 1 aliphatic rings. The predicted molar refractivity (Wildman–Crippen MR) is 162 cm³/mol. The van der Waals surface area contributed by atoms with E-state index in [1.807, 2.05) is 30.3 Å². The Hall–Kier alpha value is -3.76. The maximum Gasteiger partial charge on any atom is 0.265 e. The topological polar surface area (TPSA) is 105 Å². The van der Waals surface area contributed by atoms with E-state index >= 15 is 0 Å². The average molecular weight is 628 g/mol. The van der Waals surface area contributed by atoms with E-state index in [4.69, 9.17) is 32.7 Å². The van der Waals surface area contributed by atoms with E-state index < -0.39 is 27.6 Å². The second-order valence-electron chi connectivity index (χ2n) is 9.65. The highest BCUT2D eigenvalue weighted by atomic mass is 35.5. The van der Waals surface area contributed by atoms with E-state index in [-0.39, 0.29) is 44.0 Å². The van der Waals surface area contributed by atoms with E-state index in [0.29, 0.717) is 12.2 Å². The second-order valence-corrected chi connectivity index (χ2v) is 12.3. The molecule has 42 heavy (non-hydrogen) atoms. The number of benzene rings is 4. The molecule has 11 heteroatoms. The summed E-state index contributed by atoms with van der Waals surface area (Å²) in [5.41, 5.74) is -0.854. The fourth-order valence-corrected chi connectivity index (χ4v) is 7.37. The molecule has 4 aromatic carbocycles. The van der Waals surface area contributed by atoms with Gasteiger partial charge in [0.15, 0.2) is 17.5 Å². The first-order valence-electron chi connectivity index (χ1n) is 13.0. The molecule has 1 aliphatic heterocycles. The number of hydrogen-bond donors (Lipinski definition) is 2. The van der Waals surface area contributed by atoms with E-state index in [0.717, 1.165) is 9.87 Å². The van der Waals surface area contributed by atoms with Crippen LogP contribution in [0.25, 0.3) is 0 Å². The summed E-state index contributed by atoms with van der Waals surface area (Å²) >= 11 is 12.9. The van der Waals surface area contributed by atoms with Gasteiger partial charge in [-0.3, -0.25) is 4.79 Å². The number of ether oxygens (including phenoxy) is 2. The maximum atomic E-state index is 14.4. The SMILES string of the molecule is COc1ccc(S(=O)(=O)N2c3ccc(Cl)cc3C(O)(c3ccccc3Cl)C2C(=O)NCCc2ccccc2)cc1OC. The van der Waals surface area contributed by atoms with E-state index in [9.17, 15) is 18.3 Å². The summed E-state index contributed by atoms with van der Waals surface area (Å²) in [7, 11) is -1.67. The Morgan fingerprint density at radius 1 is 0.905 bits per heavy atom. The molecule has 0 bridgehead atoms. The zero-order valence-corrected chi connectivity index (χ0v) is 25.1. The van der Waals surface area contributed by atoms with Crippen LogP contribution in [0.5, 0.6) is 11.5 Å². The lowest BCUT2D eigenvalue weighted by Gasteiger charge is -2.34. The molecule has 0 fully saturated rings. The summed E-state index contributed by atoms with van der Waals surface area (Å²) < 4.78 is 40.4. The summed E-state index contributed by atoms with van der Waals surface area (Å²) in [5.74, 6) is -0.211. The predicted octanol–water partition coefficient (Wildman–Crippen LogP) is 5.18. The molecular weight excluding hydrogens is 599 g/mol. The van der Waals surface area contributed by atoms with Crippen LogP contribution in [0.3, 0.4) is 0 Å². The van der Waals surface area contributed by atoms with Crippen molar-refractivity contribution in [3.63, 3.8) is 0 Å². The van der Waals surface area contributed by atoms with Crippen molar-refractivity contribution in [2.45, 2.75) is 23.0 Å². The van der Waals surface area contributed by atoms with Crippen molar-refractivity contribution in [3.8, 4) is 11.5 Å². The van der Waals surface area contributed by atoms with Crippen LogP contribution in [0.2, 0.25) is 10.0 Å². The largest absolute Gasteiger partial charge is 0.493 e. The first-order chi connectivity index (χ1) is 20.1. The smallest absolute Gasteiger partial charge is 0.265 e. The summed E-state index contributed by atoms with van der Waals surface area (Å²) in [6.07, 6.45) is 0.491. The maximum absolute atomic E-state index is 14.4. The Labute approximate surface area is 254 Å². The summed E-state index contributed by atoms with van der Waals surface area (Å²) in [5, 5.41) is 15.8. The fraction of sp³-hybridized carbons (Fsp3) is 0.194. The van der Waals surface area contributed by atoms with Crippen LogP contribution >= 0.6 is 23.2 Å². The third-order valence-electron chi connectivity index (χ3n) is 7.24. The second kappa shape index (κ2) is 11.9. The normalized spacial score (nSPS) is 17.9. The standard InChI is InChI=1S/C31H28Cl2N2O6S/c1-40-27-15-13-22(19-28(27)41-2)42(38,39)35-26-14-12-21(32)18-24(26)31(37,23-10-6-7-11-25(23)33)29(35)30(36)34-17-16-20-8-4-3-5-9-20/h3-15,18-19,29,37H,16-17H2,1-2H3,(H,34,36). The van der Waals surface area contributed by atoms with Gasteiger partial charge in [0.05, 0.1) is 24.8 Å². The first kappa shape index (κ1) is 29.7. The van der Waals surface area contributed by atoms with Crippen molar-refractivity contribution in [1.82, 2.24) is 5.32 Å². The number of carbonyl (C=O) groups is 1. The van der Waals surface area contributed by atoms with Crippen LogP contribution in [0.4, 0.5) is 5.69 Å². The van der Waals surface area contributed by atoms with Gasteiger partial charge in [-0.25, -0.2) is 12.7 Å². The Bertz CT molecular complexity index is 1730. The minimum atomic E-state index is -4.50. The highest BCUT2D eigenvalue weighted by Gasteiger charge is 2.59. The van der Waals surface area contributed by atoms with Crippen LogP contribution in [-0.4, -0.2) is 46.2 Å². The van der Waals surface area contributed by atoms with Gasteiger partial charge in [0.1, 0.15) is 5.60 Å². The fourth-order valence-electron chi connectivity index (χ4n) is 5.25. The van der Waals surface area contributed by atoms with Gasteiger partial charge in [0.25, 0.3) is 10.0 Å². The first-order valence-corrected chi connectivity index (χ1v) is 15.2. The summed E-state index contributed by atoms with van der Waals surface area (Å²) in [4.78, 5) is 13.9. The molecule has 2 atom stereocenters. The van der Waals surface area contributed by atoms with Crippen molar-refractivity contribution < 1.29 is 27.8 Å². The monoisotopic (exact) mass is 626 g/mol. The number of methoxy groups -OCH3 is 2. The zero-order valence-electron chi connectivity index (χ0n) is 22.8. The van der Waals surface area contributed by atoms with E-state index in [1.54, 1.807) is 24.3 Å². The lowest BCUT2D eigenvalue weighted by molar-refractivity contribution is -0.126. The van der Waals surface area contributed by atoms with Crippen LogP contribution in [0.15, 0.2) is 95.9 Å². The number of aliphatic hydroxyl groups is 1. The molecule has 4 aromatic rings.